The van der Waals surface area contributed by atoms with E-state index in [0.717, 1.165) is 0 Å². The summed E-state index contributed by atoms with van der Waals surface area (Å²) in [6, 6.07) is 9.06. The number of rotatable bonds is 5. The number of carbonyl (C=O) groups excluding carboxylic acids is 2. The summed E-state index contributed by atoms with van der Waals surface area (Å²) in [5, 5.41) is 4.65. The Kier molecular flexibility index (Phi) is 6.39. The third-order valence-electron chi connectivity index (χ3n) is 4.47. The van der Waals surface area contributed by atoms with Crippen molar-refractivity contribution >= 4 is 44.8 Å². The van der Waals surface area contributed by atoms with E-state index in [1.54, 1.807) is 41.5 Å². The number of thiophene rings is 1. The molecule has 10 heteroatoms. The van der Waals surface area contributed by atoms with Gasteiger partial charge in [0.05, 0.1) is 9.90 Å². The van der Waals surface area contributed by atoms with Gasteiger partial charge < -0.3 is 10.2 Å². The van der Waals surface area contributed by atoms with Crippen LogP contribution in [0.25, 0.3) is 0 Å². The summed E-state index contributed by atoms with van der Waals surface area (Å²) in [6.45, 7) is 2.47. The van der Waals surface area contributed by atoms with Crippen molar-refractivity contribution in [2.24, 2.45) is 0 Å². The molecule has 1 unspecified atom stereocenters. The van der Waals surface area contributed by atoms with Gasteiger partial charge in [0.25, 0.3) is 5.91 Å². The number of sulfonamides is 1. The predicted octanol–water partition coefficient (Wildman–Crippen LogP) is 2.05. The van der Waals surface area contributed by atoms with Gasteiger partial charge in [0.1, 0.15) is 10.9 Å². The zero-order valence-corrected chi connectivity index (χ0v) is 17.6. The fourth-order valence-electron chi connectivity index (χ4n) is 2.95. The van der Waals surface area contributed by atoms with Crippen molar-refractivity contribution in [1.82, 2.24) is 14.5 Å². The molecule has 2 heterocycles. The van der Waals surface area contributed by atoms with Gasteiger partial charge in [0, 0.05) is 26.2 Å². The molecule has 0 radical (unpaired) electrons. The average molecular weight is 442 g/mol. The van der Waals surface area contributed by atoms with Gasteiger partial charge in [0.2, 0.25) is 15.9 Å². The number of nitrogens with one attached hydrogen (secondary N) is 1. The molecule has 0 spiro atoms. The minimum absolute atomic E-state index is 0.0630. The standard InChI is InChI=1S/C18H20ClN3O4S2/c1-13(20-17(23)15-6-4-12-27-15)18(24)21-8-10-22(11-9-21)28(25,26)16-7-3-2-5-14(16)19/h2-7,12-13H,8-11H2,1H3,(H,20,23). The largest absolute Gasteiger partial charge is 0.340 e. The van der Waals surface area contributed by atoms with Crippen molar-refractivity contribution in [2.75, 3.05) is 26.2 Å². The lowest BCUT2D eigenvalue weighted by Gasteiger charge is -2.35. The third-order valence-corrected chi connectivity index (χ3v) is 7.73. The van der Waals surface area contributed by atoms with Crippen LogP contribution in [0.4, 0.5) is 0 Å². The maximum Gasteiger partial charge on any atom is 0.261 e. The molecule has 1 aliphatic rings. The molecular formula is C18H20ClN3O4S2. The third kappa shape index (κ3) is 4.38. The Hall–Kier alpha value is -1.94. The average Bonchev–Trinajstić information content (AvgIpc) is 3.22. The Morgan fingerprint density at radius 1 is 1.11 bits per heavy atom. The SMILES string of the molecule is CC(NC(=O)c1cccs1)C(=O)N1CCN(S(=O)(=O)c2ccccc2Cl)CC1. The summed E-state index contributed by atoms with van der Waals surface area (Å²) in [7, 11) is -3.72. The first-order valence-corrected chi connectivity index (χ1v) is 11.4. The monoisotopic (exact) mass is 441 g/mol. The highest BCUT2D eigenvalue weighted by Crippen LogP contribution is 2.25. The maximum atomic E-state index is 12.8. The molecule has 2 amide bonds. The van der Waals surface area contributed by atoms with Crippen molar-refractivity contribution < 1.29 is 18.0 Å². The smallest absolute Gasteiger partial charge is 0.261 e. The Labute approximate surface area is 172 Å². The molecule has 1 N–H and O–H groups in total. The Morgan fingerprint density at radius 2 is 1.79 bits per heavy atom. The lowest BCUT2D eigenvalue weighted by Crippen LogP contribution is -2.55. The summed E-state index contributed by atoms with van der Waals surface area (Å²) in [5.74, 6) is -0.532. The minimum atomic E-state index is -3.72. The van der Waals surface area contributed by atoms with Crippen molar-refractivity contribution in [2.45, 2.75) is 17.9 Å². The highest BCUT2D eigenvalue weighted by atomic mass is 35.5. The molecule has 1 aliphatic heterocycles. The van der Waals surface area contributed by atoms with E-state index in [2.05, 4.69) is 5.32 Å². The highest BCUT2D eigenvalue weighted by Gasteiger charge is 2.32. The number of nitrogens with zero attached hydrogens (tertiary/aromatic N) is 2. The minimum Gasteiger partial charge on any atom is -0.340 e. The number of hydrogen-bond donors (Lipinski definition) is 1. The van der Waals surface area contributed by atoms with Crippen molar-refractivity contribution in [1.29, 1.82) is 0 Å². The van der Waals surface area contributed by atoms with Crippen LogP contribution in [-0.2, 0) is 14.8 Å². The molecule has 0 saturated carbocycles. The van der Waals surface area contributed by atoms with Gasteiger partial charge in [-0.3, -0.25) is 9.59 Å². The number of carbonyl (C=O) groups is 2. The van der Waals surface area contributed by atoms with Crippen LogP contribution in [0.1, 0.15) is 16.6 Å². The van der Waals surface area contributed by atoms with Crippen molar-refractivity contribution in [3.8, 4) is 0 Å². The molecule has 1 aromatic heterocycles. The number of piperazine rings is 1. The first kappa shape index (κ1) is 20.8. The van der Waals surface area contributed by atoms with Crippen LogP contribution in [0.3, 0.4) is 0 Å². The fourth-order valence-corrected chi connectivity index (χ4v) is 5.50. The van der Waals surface area contributed by atoms with Gasteiger partial charge >= 0.3 is 0 Å². The molecule has 1 aromatic carbocycles. The van der Waals surface area contributed by atoms with Crippen molar-refractivity contribution in [3.63, 3.8) is 0 Å². The molecule has 0 aliphatic carbocycles. The molecule has 1 atom stereocenters. The van der Waals surface area contributed by atoms with E-state index >= 15 is 0 Å². The van der Waals surface area contributed by atoms with E-state index in [0.29, 0.717) is 4.88 Å². The zero-order valence-electron chi connectivity index (χ0n) is 15.2. The van der Waals surface area contributed by atoms with Gasteiger partial charge in [-0.05, 0) is 30.5 Å². The molecule has 150 valence electrons. The number of benzene rings is 1. The quantitative estimate of drug-likeness (QED) is 0.769. The molecule has 7 nitrogen and oxygen atoms in total. The van der Waals surface area contributed by atoms with E-state index in [1.807, 2.05) is 0 Å². The maximum absolute atomic E-state index is 12.8. The number of amides is 2. The van der Waals surface area contributed by atoms with E-state index < -0.39 is 16.1 Å². The zero-order chi connectivity index (χ0) is 20.3. The molecular weight excluding hydrogens is 422 g/mol. The predicted molar refractivity (Wildman–Crippen MR) is 108 cm³/mol. The van der Waals surface area contributed by atoms with Crippen molar-refractivity contribution in [3.05, 3.63) is 51.7 Å². The van der Waals surface area contributed by atoms with E-state index in [-0.39, 0.29) is 47.9 Å². The lowest BCUT2D eigenvalue weighted by atomic mass is 10.2. The van der Waals surface area contributed by atoms with Crippen LogP contribution in [0.15, 0.2) is 46.7 Å². The summed E-state index contributed by atoms with van der Waals surface area (Å²) in [6.07, 6.45) is 0. The van der Waals surface area contributed by atoms with Gasteiger partial charge in [-0.25, -0.2) is 8.42 Å². The van der Waals surface area contributed by atoms with Gasteiger partial charge in [0.15, 0.2) is 0 Å². The number of halogens is 1. The summed E-state index contributed by atoms with van der Waals surface area (Å²) in [4.78, 5) is 26.9. The van der Waals surface area contributed by atoms with E-state index in [4.69, 9.17) is 11.6 Å². The Bertz CT molecular complexity index is 955. The highest BCUT2D eigenvalue weighted by molar-refractivity contribution is 7.89. The van der Waals surface area contributed by atoms with Crippen LogP contribution in [0.5, 0.6) is 0 Å². The van der Waals surface area contributed by atoms with Crippen LogP contribution in [0, 0.1) is 0 Å². The van der Waals surface area contributed by atoms with E-state index in [1.165, 1.54) is 27.8 Å². The van der Waals surface area contributed by atoms with Gasteiger partial charge in [-0.2, -0.15) is 4.31 Å². The Balaban J connectivity index is 1.59. The summed E-state index contributed by atoms with van der Waals surface area (Å²) >= 11 is 7.33. The van der Waals surface area contributed by atoms with Crippen LogP contribution in [0.2, 0.25) is 5.02 Å². The second-order valence-corrected chi connectivity index (χ2v) is 9.59. The summed E-state index contributed by atoms with van der Waals surface area (Å²) < 4.78 is 26.9. The Morgan fingerprint density at radius 3 is 2.39 bits per heavy atom. The molecule has 3 rings (SSSR count). The molecule has 28 heavy (non-hydrogen) atoms. The molecule has 1 fully saturated rings. The van der Waals surface area contributed by atoms with Crippen LogP contribution < -0.4 is 5.32 Å². The topological polar surface area (TPSA) is 86.8 Å². The molecule has 1 saturated heterocycles. The second-order valence-electron chi connectivity index (χ2n) is 6.33. The normalized spacial score (nSPS) is 16.6. The number of hydrogen-bond acceptors (Lipinski definition) is 5. The first-order valence-electron chi connectivity index (χ1n) is 8.68. The second kappa shape index (κ2) is 8.60. The molecule has 0 bridgehead atoms. The summed E-state index contributed by atoms with van der Waals surface area (Å²) in [5.41, 5.74) is 0. The van der Waals surface area contributed by atoms with Gasteiger partial charge in [-0.15, -0.1) is 11.3 Å². The molecule has 2 aromatic rings. The first-order chi connectivity index (χ1) is 13.3. The van der Waals surface area contributed by atoms with Gasteiger partial charge in [-0.1, -0.05) is 29.8 Å². The van der Waals surface area contributed by atoms with Crippen LogP contribution in [-0.4, -0.2) is 61.7 Å². The fraction of sp³-hybridized carbons (Fsp3) is 0.333. The van der Waals surface area contributed by atoms with Crippen LogP contribution >= 0.6 is 22.9 Å². The van der Waals surface area contributed by atoms with E-state index in [9.17, 15) is 18.0 Å². The lowest BCUT2D eigenvalue weighted by molar-refractivity contribution is -0.134.